The maximum absolute atomic E-state index is 12.1. The van der Waals surface area contributed by atoms with Crippen LogP contribution >= 0.6 is 0 Å². The minimum atomic E-state index is -3.56. The molecule has 0 unspecified atom stereocenters. The van der Waals surface area contributed by atoms with Crippen molar-refractivity contribution in [3.05, 3.63) is 24.3 Å². The van der Waals surface area contributed by atoms with E-state index in [0.29, 0.717) is 5.75 Å². The summed E-state index contributed by atoms with van der Waals surface area (Å²) in [6.45, 7) is 0.248. The Labute approximate surface area is 116 Å². The standard InChI is InChI=1S/C12H15NO6S/c14-9-7-13(8-9)20(17,18)11-3-1-10(2-4-11)19-6-5-12(15)16/h1-4,9,14H,5-8H2,(H,15,16). The molecule has 1 saturated heterocycles. The normalized spacial score (nSPS) is 16.6. The molecule has 2 rings (SSSR count). The first-order chi connectivity index (χ1) is 9.39. The molecule has 110 valence electrons. The highest BCUT2D eigenvalue weighted by atomic mass is 32.2. The van der Waals surface area contributed by atoms with Gasteiger partial charge in [-0.05, 0) is 24.3 Å². The van der Waals surface area contributed by atoms with Crippen LogP contribution in [0.25, 0.3) is 0 Å². The van der Waals surface area contributed by atoms with E-state index >= 15 is 0 Å². The van der Waals surface area contributed by atoms with E-state index in [9.17, 15) is 13.2 Å². The molecule has 0 spiro atoms. The van der Waals surface area contributed by atoms with Crippen molar-refractivity contribution in [2.24, 2.45) is 0 Å². The molecule has 0 radical (unpaired) electrons. The zero-order valence-corrected chi connectivity index (χ0v) is 11.4. The summed E-state index contributed by atoms with van der Waals surface area (Å²) in [4.78, 5) is 10.5. The van der Waals surface area contributed by atoms with Crippen LogP contribution < -0.4 is 4.74 Å². The summed E-state index contributed by atoms with van der Waals surface area (Å²) >= 11 is 0. The second-order valence-corrected chi connectivity index (χ2v) is 6.38. The lowest BCUT2D eigenvalue weighted by Crippen LogP contribution is -2.53. The van der Waals surface area contributed by atoms with Crippen molar-refractivity contribution >= 4 is 16.0 Å². The van der Waals surface area contributed by atoms with Crippen molar-refractivity contribution in [2.75, 3.05) is 19.7 Å². The van der Waals surface area contributed by atoms with Gasteiger partial charge >= 0.3 is 5.97 Å². The minimum Gasteiger partial charge on any atom is -0.493 e. The van der Waals surface area contributed by atoms with Crippen LogP contribution in [-0.4, -0.2) is 54.7 Å². The molecule has 0 aromatic heterocycles. The summed E-state index contributed by atoms with van der Waals surface area (Å²) in [5, 5.41) is 17.6. The first-order valence-electron chi connectivity index (χ1n) is 6.02. The smallest absolute Gasteiger partial charge is 0.306 e. The highest BCUT2D eigenvalue weighted by Crippen LogP contribution is 2.23. The van der Waals surface area contributed by atoms with Crippen molar-refractivity contribution in [1.82, 2.24) is 4.31 Å². The van der Waals surface area contributed by atoms with Gasteiger partial charge in [-0.3, -0.25) is 4.79 Å². The maximum Gasteiger partial charge on any atom is 0.306 e. The van der Waals surface area contributed by atoms with Crippen LogP contribution in [0, 0.1) is 0 Å². The fraction of sp³-hybridized carbons (Fsp3) is 0.417. The fourth-order valence-corrected chi connectivity index (χ4v) is 3.24. The summed E-state index contributed by atoms with van der Waals surface area (Å²) in [5.41, 5.74) is 0. The Morgan fingerprint density at radius 3 is 2.40 bits per heavy atom. The largest absolute Gasteiger partial charge is 0.493 e. The molecule has 2 N–H and O–H groups in total. The number of nitrogens with zero attached hydrogens (tertiary/aromatic N) is 1. The molecule has 0 atom stereocenters. The highest BCUT2D eigenvalue weighted by molar-refractivity contribution is 7.89. The number of benzene rings is 1. The van der Waals surface area contributed by atoms with Gasteiger partial charge in [-0.1, -0.05) is 0 Å². The van der Waals surface area contributed by atoms with E-state index in [2.05, 4.69) is 0 Å². The summed E-state index contributed by atoms with van der Waals surface area (Å²) in [6, 6.07) is 5.75. The lowest BCUT2D eigenvalue weighted by molar-refractivity contribution is -0.137. The van der Waals surface area contributed by atoms with Crippen molar-refractivity contribution in [1.29, 1.82) is 0 Å². The molecule has 0 saturated carbocycles. The predicted molar refractivity (Wildman–Crippen MR) is 69.0 cm³/mol. The molecular formula is C12H15NO6S. The van der Waals surface area contributed by atoms with Gasteiger partial charge in [0.15, 0.2) is 0 Å². The van der Waals surface area contributed by atoms with E-state index in [4.69, 9.17) is 14.9 Å². The number of aliphatic carboxylic acids is 1. The van der Waals surface area contributed by atoms with E-state index < -0.39 is 22.1 Å². The number of hydrogen-bond donors (Lipinski definition) is 2. The zero-order chi connectivity index (χ0) is 14.8. The van der Waals surface area contributed by atoms with E-state index in [-0.39, 0.29) is 31.0 Å². The van der Waals surface area contributed by atoms with Gasteiger partial charge in [0.05, 0.1) is 24.0 Å². The Bertz CT molecular complexity index is 576. The number of β-amino-alcohol motifs (C(OH)–C–C–N with tert-alkyl or cyclic N) is 1. The summed E-state index contributed by atoms with van der Waals surface area (Å²) < 4.78 is 30.5. The Hall–Kier alpha value is -1.64. The first kappa shape index (κ1) is 14.8. The highest BCUT2D eigenvalue weighted by Gasteiger charge is 2.35. The van der Waals surface area contributed by atoms with E-state index in [1.54, 1.807) is 0 Å². The van der Waals surface area contributed by atoms with Crippen molar-refractivity contribution in [3.8, 4) is 5.75 Å². The molecule has 20 heavy (non-hydrogen) atoms. The number of sulfonamides is 1. The van der Waals surface area contributed by atoms with Crippen LogP contribution in [-0.2, 0) is 14.8 Å². The van der Waals surface area contributed by atoms with Crippen LogP contribution in [0.1, 0.15) is 6.42 Å². The van der Waals surface area contributed by atoms with Gasteiger partial charge in [0.2, 0.25) is 10.0 Å². The van der Waals surface area contributed by atoms with Crippen molar-refractivity contribution < 1.29 is 28.2 Å². The van der Waals surface area contributed by atoms with Crippen LogP contribution in [0.2, 0.25) is 0 Å². The zero-order valence-electron chi connectivity index (χ0n) is 10.6. The third kappa shape index (κ3) is 3.27. The fourth-order valence-electron chi connectivity index (χ4n) is 1.73. The molecule has 0 aliphatic carbocycles. The minimum absolute atomic E-state index is 0.0275. The Morgan fingerprint density at radius 2 is 1.90 bits per heavy atom. The predicted octanol–water partition coefficient (Wildman–Crippen LogP) is -0.0947. The molecular weight excluding hydrogens is 286 g/mol. The van der Waals surface area contributed by atoms with Gasteiger partial charge in [0, 0.05) is 13.1 Å². The van der Waals surface area contributed by atoms with Gasteiger partial charge in [0.25, 0.3) is 0 Å². The molecule has 7 nitrogen and oxygen atoms in total. The lowest BCUT2D eigenvalue weighted by Gasteiger charge is -2.34. The third-order valence-corrected chi connectivity index (χ3v) is 4.72. The Kier molecular flexibility index (Phi) is 4.26. The monoisotopic (exact) mass is 301 g/mol. The van der Waals surface area contributed by atoms with E-state index in [0.717, 1.165) is 0 Å². The number of ether oxygens (including phenoxy) is 1. The summed E-state index contributed by atoms with van der Waals surface area (Å²) in [7, 11) is -3.56. The van der Waals surface area contributed by atoms with Gasteiger partial charge in [-0.25, -0.2) is 8.42 Å². The molecule has 0 bridgehead atoms. The van der Waals surface area contributed by atoms with E-state index in [1.165, 1.54) is 28.6 Å². The SMILES string of the molecule is O=C(O)CCOc1ccc(S(=O)(=O)N2CC(O)C2)cc1. The quantitative estimate of drug-likeness (QED) is 0.760. The number of rotatable bonds is 6. The van der Waals surface area contributed by atoms with Gasteiger partial charge < -0.3 is 14.9 Å². The van der Waals surface area contributed by atoms with Crippen molar-refractivity contribution in [2.45, 2.75) is 17.4 Å². The third-order valence-electron chi connectivity index (χ3n) is 2.87. The summed E-state index contributed by atoms with van der Waals surface area (Å²) in [5.74, 6) is -0.547. The topological polar surface area (TPSA) is 104 Å². The Balaban J connectivity index is 1.99. The number of carboxylic acids is 1. The number of carboxylic acid groups (broad SMARTS) is 1. The van der Waals surface area contributed by atoms with Crippen molar-refractivity contribution in [3.63, 3.8) is 0 Å². The molecule has 1 fully saturated rings. The molecule has 8 heteroatoms. The van der Waals surface area contributed by atoms with Gasteiger partial charge in [0.1, 0.15) is 5.75 Å². The van der Waals surface area contributed by atoms with E-state index in [1.807, 2.05) is 0 Å². The van der Waals surface area contributed by atoms with Crippen LogP contribution in [0.4, 0.5) is 0 Å². The van der Waals surface area contributed by atoms with Crippen LogP contribution in [0.3, 0.4) is 0 Å². The van der Waals surface area contributed by atoms with Crippen LogP contribution in [0.15, 0.2) is 29.2 Å². The molecule has 1 heterocycles. The maximum atomic E-state index is 12.1. The second-order valence-electron chi connectivity index (χ2n) is 4.44. The number of aliphatic hydroxyl groups excluding tert-OH is 1. The molecule has 1 aliphatic heterocycles. The average molecular weight is 301 g/mol. The molecule has 0 amide bonds. The van der Waals surface area contributed by atoms with Gasteiger partial charge in [-0.15, -0.1) is 0 Å². The number of carbonyl (C=O) groups is 1. The second kappa shape index (κ2) is 5.78. The number of aliphatic hydroxyl groups is 1. The average Bonchev–Trinajstić information content (AvgIpc) is 2.35. The molecule has 1 aromatic rings. The Morgan fingerprint density at radius 1 is 1.30 bits per heavy atom. The first-order valence-corrected chi connectivity index (χ1v) is 7.46. The lowest BCUT2D eigenvalue weighted by atomic mass is 10.2. The van der Waals surface area contributed by atoms with Gasteiger partial charge in [-0.2, -0.15) is 4.31 Å². The molecule has 1 aromatic carbocycles. The summed E-state index contributed by atoms with van der Waals surface area (Å²) in [6.07, 6.45) is -0.713. The number of hydrogen-bond acceptors (Lipinski definition) is 5. The molecule has 1 aliphatic rings. The van der Waals surface area contributed by atoms with Crippen LogP contribution in [0.5, 0.6) is 5.75 Å².